The lowest BCUT2D eigenvalue weighted by molar-refractivity contribution is -0.138. The number of fused-ring (bicyclic) bond motifs is 1. The molecule has 0 aromatic heterocycles. The number of para-hydroxylation sites is 1. The van der Waals surface area contributed by atoms with E-state index in [9.17, 15) is 9.59 Å². The molecular formula is C22H34N2O4. The van der Waals surface area contributed by atoms with Gasteiger partial charge in [-0.05, 0) is 37.7 Å². The fraction of sp³-hybridized carbons (Fsp3) is 0.636. The molecular weight excluding hydrogens is 356 g/mol. The summed E-state index contributed by atoms with van der Waals surface area (Å²) in [6.45, 7) is 10.1. The molecule has 1 heterocycles. The maximum atomic E-state index is 12.9. The van der Waals surface area contributed by atoms with E-state index >= 15 is 0 Å². The first kappa shape index (κ1) is 22.1. The van der Waals surface area contributed by atoms with Gasteiger partial charge < -0.3 is 19.7 Å². The van der Waals surface area contributed by atoms with Gasteiger partial charge in [-0.3, -0.25) is 9.59 Å². The third-order valence-electron chi connectivity index (χ3n) is 4.48. The van der Waals surface area contributed by atoms with Crippen molar-refractivity contribution >= 4 is 11.8 Å². The van der Waals surface area contributed by atoms with Crippen LogP contribution in [0.2, 0.25) is 0 Å². The maximum Gasteiger partial charge on any atom is 0.239 e. The molecule has 0 aliphatic carbocycles. The maximum absolute atomic E-state index is 12.9. The van der Waals surface area contributed by atoms with E-state index in [1.54, 1.807) is 4.90 Å². The van der Waals surface area contributed by atoms with Crippen LogP contribution in [0, 0.1) is 5.41 Å². The topological polar surface area (TPSA) is 67.9 Å². The van der Waals surface area contributed by atoms with E-state index in [0.29, 0.717) is 44.2 Å². The molecule has 0 unspecified atom stereocenters. The van der Waals surface area contributed by atoms with Gasteiger partial charge in [0, 0.05) is 25.1 Å². The zero-order valence-corrected chi connectivity index (χ0v) is 17.7. The Labute approximate surface area is 168 Å². The Hall–Kier alpha value is -2.24. The van der Waals surface area contributed by atoms with Crippen molar-refractivity contribution in [1.82, 2.24) is 10.2 Å². The highest BCUT2D eigenvalue weighted by molar-refractivity contribution is 5.85. The summed E-state index contributed by atoms with van der Waals surface area (Å²) >= 11 is 0. The summed E-state index contributed by atoms with van der Waals surface area (Å²) in [5, 5.41) is 2.93. The van der Waals surface area contributed by atoms with Gasteiger partial charge in [-0.2, -0.15) is 0 Å². The van der Waals surface area contributed by atoms with Crippen LogP contribution < -0.4 is 14.8 Å². The van der Waals surface area contributed by atoms with Crippen molar-refractivity contribution in [2.75, 3.05) is 26.3 Å². The molecule has 0 saturated heterocycles. The molecule has 6 heteroatoms. The Bertz CT molecular complexity index is 667. The normalized spacial score (nSPS) is 16.6. The third-order valence-corrected chi connectivity index (χ3v) is 4.48. The highest BCUT2D eigenvalue weighted by Crippen LogP contribution is 2.33. The number of nitrogens with zero attached hydrogens (tertiary/aromatic N) is 1. The number of nitrogens with one attached hydrogen (secondary N) is 1. The van der Waals surface area contributed by atoms with E-state index in [1.807, 2.05) is 45.9 Å². The van der Waals surface area contributed by atoms with Crippen molar-refractivity contribution < 1.29 is 19.1 Å². The van der Waals surface area contributed by atoms with Crippen LogP contribution in [0.1, 0.15) is 58.9 Å². The average Bonchev–Trinajstić information content (AvgIpc) is 2.61. The molecule has 0 fully saturated rings. The number of carbonyl (C=O) groups excluding carboxylic acids is 2. The van der Waals surface area contributed by atoms with Crippen molar-refractivity contribution in [3.63, 3.8) is 0 Å². The average molecular weight is 391 g/mol. The molecule has 1 aliphatic rings. The zero-order valence-electron chi connectivity index (χ0n) is 17.7. The van der Waals surface area contributed by atoms with Gasteiger partial charge in [0.25, 0.3) is 0 Å². The highest BCUT2D eigenvalue weighted by atomic mass is 16.5. The molecule has 2 rings (SSSR count). The van der Waals surface area contributed by atoms with E-state index in [1.165, 1.54) is 0 Å². The van der Waals surface area contributed by atoms with Crippen LogP contribution in [-0.4, -0.2) is 43.0 Å². The van der Waals surface area contributed by atoms with Gasteiger partial charge in [-0.15, -0.1) is 0 Å². The summed E-state index contributed by atoms with van der Waals surface area (Å²) < 4.78 is 11.8. The zero-order chi connectivity index (χ0) is 20.6. The van der Waals surface area contributed by atoms with E-state index < -0.39 is 0 Å². The van der Waals surface area contributed by atoms with Crippen LogP contribution >= 0.6 is 0 Å². The van der Waals surface area contributed by atoms with Gasteiger partial charge in [-0.25, -0.2) is 0 Å². The Morgan fingerprint density at radius 2 is 2.00 bits per heavy atom. The number of rotatable bonds is 3. The predicted molar refractivity (Wildman–Crippen MR) is 109 cm³/mol. The van der Waals surface area contributed by atoms with Crippen LogP contribution in [0.3, 0.4) is 0 Å². The molecule has 2 amide bonds. The van der Waals surface area contributed by atoms with Crippen LogP contribution in [0.5, 0.6) is 11.5 Å². The van der Waals surface area contributed by atoms with Gasteiger partial charge in [0.15, 0.2) is 11.5 Å². The molecule has 0 spiro atoms. The molecule has 0 atom stereocenters. The number of hydrogen-bond donors (Lipinski definition) is 1. The number of hydrogen-bond acceptors (Lipinski definition) is 4. The standard InChI is InChI=1S/C22H34N2O4/c1-5-27-18-11-9-10-17-15-24(20(26)14-22(2,3)4)16-19(25)23-12-7-6-8-13-28-21(17)18/h9-11H,5-8,12-16H2,1-4H3,(H,23,25). The first-order valence-electron chi connectivity index (χ1n) is 10.2. The van der Waals surface area contributed by atoms with Gasteiger partial charge in [0.05, 0.1) is 19.8 Å². The molecule has 1 aromatic carbocycles. The molecule has 6 nitrogen and oxygen atoms in total. The van der Waals surface area contributed by atoms with Gasteiger partial charge in [-0.1, -0.05) is 32.9 Å². The molecule has 156 valence electrons. The van der Waals surface area contributed by atoms with E-state index in [-0.39, 0.29) is 23.8 Å². The molecule has 0 radical (unpaired) electrons. The summed E-state index contributed by atoms with van der Waals surface area (Å²) in [4.78, 5) is 26.9. The SMILES string of the molecule is CCOc1cccc2c1OCCCCCNC(=O)CN(C(=O)CC(C)(C)C)C2. The fourth-order valence-electron chi connectivity index (χ4n) is 3.16. The second-order valence-electron chi connectivity index (χ2n) is 8.42. The lowest BCUT2D eigenvalue weighted by Crippen LogP contribution is -2.41. The van der Waals surface area contributed by atoms with E-state index in [2.05, 4.69) is 5.32 Å². The smallest absolute Gasteiger partial charge is 0.239 e. The fourth-order valence-corrected chi connectivity index (χ4v) is 3.16. The first-order valence-corrected chi connectivity index (χ1v) is 10.2. The van der Waals surface area contributed by atoms with Crippen molar-refractivity contribution in [2.45, 2.75) is 59.9 Å². The second kappa shape index (κ2) is 10.3. The summed E-state index contributed by atoms with van der Waals surface area (Å²) in [6, 6.07) is 5.72. The largest absolute Gasteiger partial charge is 0.490 e. The Kier molecular flexibility index (Phi) is 8.15. The first-order chi connectivity index (χ1) is 13.3. The monoisotopic (exact) mass is 390 g/mol. The van der Waals surface area contributed by atoms with Crippen LogP contribution in [0.4, 0.5) is 0 Å². The quantitative estimate of drug-likeness (QED) is 0.857. The van der Waals surface area contributed by atoms with Crippen molar-refractivity contribution in [3.8, 4) is 11.5 Å². The minimum Gasteiger partial charge on any atom is -0.490 e. The van der Waals surface area contributed by atoms with Gasteiger partial charge >= 0.3 is 0 Å². The minimum absolute atomic E-state index is 0.0368. The number of ether oxygens (including phenoxy) is 2. The lowest BCUT2D eigenvalue weighted by atomic mass is 9.91. The van der Waals surface area contributed by atoms with E-state index in [4.69, 9.17) is 9.47 Å². The van der Waals surface area contributed by atoms with Crippen molar-refractivity contribution in [1.29, 1.82) is 0 Å². The summed E-state index contributed by atoms with van der Waals surface area (Å²) in [7, 11) is 0. The number of amides is 2. The Morgan fingerprint density at radius 3 is 2.71 bits per heavy atom. The van der Waals surface area contributed by atoms with Crippen molar-refractivity contribution in [2.24, 2.45) is 5.41 Å². The predicted octanol–water partition coefficient (Wildman–Crippen LogP) is 3.53. The minimum atomic E-state index is -0.152. The highest BCUT2D eigenvalue weighted by Gasteiger charge is 2.25. The van der Waals surface area contributed by atoms with Gasteiger partial charge in [0.1, 0.15) is 0 Å². The lowest BCUT2D eigenvalue weighted by Gasteiger charge is -2.27. The third kappa shape index (κ3) is 7.06. The van der Waals surface area contributed by atoms with Crippen LogP contribution in [-0.2, 0) is 16.1 Å². The van der Waals surface area contributed by atoms with Crippen molar-refractivity contribution in [3.05, 3.63) is 23.8 Å². The molecule has 28 heavy (non-hydrogen) atoms. The number of carbonyl (C=O) groups is 2. The van der Waals surface area contributed by atoms with E-state index in [0.717, 1.165) is 24.8 Å². The Morgan fingerprint density at radius 1 is 1.21 bits per heavy atom. The van der Waals surface area contributed by atoms with Crippen LogP contribution in [0.25, 0.3) is 0 Å². The molecule has 0 saturated carbocycles. The molecule has 1 N–H and O–H groups in total. The number of benzene rings is 1. The second-order valence-corrected chi connectivity index (χ2v) is 8.42. The van der Waals surface area contributed by atoms with Crippen LogP contribution in [0.15, 0.2) is 18.2 Å². The molecule has 0 bridgehead atoms. The van der Waals surface area contributed by atoms with Gasteiger partial charge in [0.2, 0.25) is 11.8 Å². The Balaban J connectivity index is 2.34. The summed E-state index contributed by atoms with van der Waals surface area (Å²) in [5.74, 6) is 1.20. The molecule has 1 aliphatic heterocycles. The summed E-state index contributed by atoms with van der Waals surface area (Å²) in [6.07, 6.45) is 3.15. The molecule has 1 aromatic rings. The summed E-state index contributed by atoms with van der Waals surface area (Å²) in [5.41, 5.74) is 0.710.